The number of hydrogen-bond donors (Lipinski definition) is 1. The predicted molar refractivity (Wildman–Crippen MR) is 101 cm³/mol. The first kappa shape index (κ1) is 16.2. The summed E-state index contributed by atoms with van der Waals surface area (Å²) in [6.07, 6.45) is -0.718. The molecule has 2 aromatic rings. The third kappa shape index (κ3) is 2.90. The number of para-hydroxylation sites is 2. The standard InChI is InChI=1S/C20H18N4O2/c1-20(2,3)26-19(25)24-23-17-13-9-5-4-8-12(13)16-18(17)22-15-11-7-6-10-14(15)21-16/h4-11,22H,1-3H3. The number of rotatable bonds is 1. The Morgan fingerprint density at radius 1 is 1.04 bits per heavy atom. The number of fused-ring (bicyclic) bond motifs is 4. The van der Waals surface area contributed by atoms with Crippen LogP contribution in [0.4, 0.5) is 10.5 Å². The van der Waals surface area contributed by atoms with Crippen molar-refractivity contribution in [2.75, 3.05) is 0 Å². The smallest absolute Gasteiger partial charge is 0.441 e. The Morgan fingerprint density at radius 2 is 1.73 bits per heavy atom. The lowest BCUT2D eigenvalue weighted by Gasteiger charge is -2.16. The number of nitrogens with zero attached hydrogens (tertiary/aromatic N) is 3. The van der Waals surface area contributed by atoms with Crippen LogP contribution in [-0.4, -0.2) is 21.7 Å². The summed E-state index contributed by atoms with van der Waals surface area (Å²) < 4.78 is 5.21. The molecule has 1 aliphatic heterocycles. The molecule has 26 heavy (non-hydrogen) atoms. The number of hydrogen-bond acceptors (Lipinski definition) is 4. The van der Waals surface area contributed by atoms with Crippen molar-refractivity contribution in [2.45, 2.75) is 26.4 Å². The molecule has 130 valence electrons. The molecule has 6 nitrogen and oxygen atoms in total. The average molecular weight is 346 g/mol. The molecule has 6 heteroatoms. The second-order valence-electron chi connectivity index (χ2n) is 7.05. The van der Waals surface area contributed by atoms with Gasteiger partial charge in [0, 0.05) is 10.8 Å². The van der Waals surface area contributed by atoms with E-state index in [1.165, 1.54) is 0 Å². The number of carbonyl (C=O) groups excluding carboxylic acids is 1. The molecular weight excluding hydrogens is 328 g/mol. The summed E-state index contributed by atoms with van der Waals surface area (Å²) in [7, 11) is 0. The van der Waals surface area contributed by atoms with Crippen LogP contribution in [0.15, 0.2) is 58.8 Å². The molecule has 0 spiro atoms. The highest BCUT2D eigenvalue weighted by Gasteiger charge is 2.21. The first-order valence-electron chi connectivity index (χ1n) is 8.36. The fourth-order valence-corrected chi connectivity index (χ4v) is 2.92. The Kier molecular flexibility index (Phi) is 3.68. The molecule has 0 atom stereocenters. The van der Waals surface area contributed by atoms with Crippen molar-refractivity contribution in [1.29, 1.82) is 0 Å². The number of aromatic amines is 1. The molecule has 1 aliphatic carbocycles. The highest BCUT2D eigenvalue weighted by Crippen LogP contribution is 2.43. The Balaban J connectivity index is 1.90. The third-order valence-corrected chi connectivity index (χ3v) is 3.93. The highest BCUT2D eigenvalue weighted by atomic mass is 16.6. The summed E-state index contributed by atoms with van der Waals surface area (Å²) in [4.78, 5) is 20.1. The maximum absolute atomic E-state index is 11.9. The van der Waals surface area contributed by atoms with Gasteiger partial charge in [-0.1, -0.05) is 41.5 Å². The van der Waals surface area contributed by atoms with Gasteiger partial charge < -0.3 is 9.72 Å². The Hall–Kier alpha value is -3.28. The van der Waals surface area contributed by atoms with Gasteiger partial charge in [-0.05, 0) is 32.9 Å². The van der Waals surface area contributed by atoms with Crippen molar-refractivity contribution in [2.24, 2.45) is 10.2 Å². The topological polar surface area (TPSA) is 79.7 Å². The Labute approximate surface area is 150 Å². The van der Waals surface area contributed by atoms with Crippen LogP contribution in [0.1, 0.15) is 20.8 Å². The monoisotopic (exact) mass is 346 g/mol. The average Bonchev–Trinajstić information content (AvgIpc) is 2.89. The number of amides is 1. The second-order valence-corrected chi connectivity index (χ2v) is 7.05. The normalized spacial score (nSPS) is 12.4. The summed E-state index contributed by atoms with van der Waals surface area (Å²) >= 11 is 0. The third-order valence-electron chi connectivity index (χ3n) is 3.93. The molecule has 0 saturated carbocycles. The summed E-state index contributed by atoms with van der Waals surface area (Å²) in [5.41, 5.74) is 3.28. The number of aromatic nitrogens is 2. The minimum atomic E-state index is -0.718. The van der Waals surface area contributed by atoms with Gasteiger partial charge in [0.25, 0.3) is 0 Å². The van der Waals surface area contributed by atoms with Gasteiger partial charge >= 0.3 is 6.09 Å². The van der Waals surface area contributed by atoms with Gasteiger partial charge in [-0.3, -0.25) is 0 Å². The Bertz CT molecular complexity index is 1120. The molecule has 2 aliphatic rings. The van der Waals surface area contributed by atoms with E-state index in [9.17, 15) is 4.79 Å². The molecule has 1 amide bonds. The van der Waals surface area contributed by atoms with Gasteiger partial charge in [-0.15, -0.1) is 5.11 Å². The molecule has 0 aromatic heterocycles. The van der Waals surface area contributed by atoms with Gasteiger partial charge in [0.15, 0.2) is 0 Å². The zero-order chi connectivity index (χ0) is 18.3. The lowest BCUT2D eigenvalue weighted by Crippen LogP contribution is -2.21. The van der Waals surface area contributed by atoms with Crippen molar-refractivity contribution in [1.82, 2.24) is 9.97 Å². The van der Waals surface area contributed by atoms with Crippen molar-refractivity contribution >= 4 is 33.6 Å². The van der Waals surface area contributed by atoms with E-state index in [0.717, 1.165) is 33.2 Å². The van der Waals surface area contributed by atoms with E-state index in [-0.39, 0.29) is 0 Å². The maximum Gasteiger partial charge on any atom is 0.452 e. The molecule has 0 unspecified atom stereocenters. The van der Waals surface area contributed by atoms with Crippen LogP contribution in [0.2, 0.25) is 0 Å². The lowest BCUT2D eigenvalue weighted by atomic mass is 10.2. The zero-order valence-corrected chi connectivity index (χ0v) is 14.8. The number of ether oxygens (including phenoxy) is 1. The predicted octanol–water partition coefficient (Wildman–Crippen LogP) is 5.84. The molecular formula is C20H18N4O2. The van der Waals surface area contributed by atoms with Gasteiger partial charge in [0.1, 0.15) is 11.3 Å². The van der Waals surface area contributed by atoms with E-state index >= 15 is 0 Å². The SMILES string of the molecule is CC(C)(C)OC(=O)N=Nc1c2[nH]c3ccccc3nc-2c2ccccc12. The zero-order valence-electron chi connectivity index (χ0n) is 14.8. The van der Waals surface area contributed by atoms with Crippen LogP contribution in [0.25, 0.3) is 33.2 Å². The van der Waals surface area contributed by atoms with Crippen molar-refractivity contribution in [3.63, 3.8) is 0 Å². The number of azo groups is 1. The maximum atomic E-state index is 11.9. The summed E-state index contributed by atoms with van der Waals surface area (Å²) in [5, 5.41) is 9.79. The molecule has 0 saturated heterocycles. The minimum absolute atomic E-state index is 0.583. The molecule has 4 rings (SSSR count). The number of carbonyl (C=O) groups is 1. The van der Waals surface area contributed by atoms with Crippen LogP contribution in [0.5, 0.6) is 0 Å². The summed E-state index contributed by atoms with van der Waals surface area (Å²) in [5.74, 6) is 0. The van der Waals surface area contributed by atoms with Crippen LogP contribution >= 0.6 is 0 Å². The molecule has 2 aromatic carbocycles. The van der Waals surface area contributed by atoms with Crippen LogP contribution < -0.4 is 0 Å². The van der Waals surface area contributed by atoms with Crippen molar-refractivity contribution < 1.29 is 9.53 Å². The first-order chi connectivity index (χ1) is 12.4. The van der Waals surface area contributed by atoms with Crippen molar-refractivity contribution in [3.05, 3.63) is 48.5 Å². The molecule has 0 fully saturated rings. The van der Waals surface area contributed by atoms with Crippen LogP contribution in [0, 0.1) is 0 Å². The molecule has 0 radical (unpaired) electrons. The number of benzene rings is 2. The largest absolute Gasteiger partial charge is 0.452 e. The van der Waals surface area contributed by atoms with Crippen molar-refractivity contribution in [3.8, 4) is 11.4 Å². The fourth-order valence-electron chi connectivity index (χ4n) is 2.92. The molecule has 1 N–H and O–H groups in total. The minimum Gasteiger partial charge on any atom is -0.441 e. The molecule has 1 heterocycles. The van der Waals surface area contributed by atoms with Gasteiger partial charge in [-0.2, -0.15) is 0 Å². The van der Waals surface area contributed by atoms with E-state index in [0.29, 0.717) is 5.69 Å². The van der Waals surface area contributed by atoms with Gasteiger partial charge in [0.05, 0.1) is 22.4 Å². The molecule has 0 bridgehead atoms. The van der Waals surface area contributed by atoms with Gasteiger partial charge in [-0.25, -0.2) is 9.78 Å². The highest BCUT2D eigenvalue weighted by molar-refractivity contribution is 6.11. The quantitative estimate of drug-likeness (QED) is 0.440. The van der Waals surface area contributed by atoms with E-state index in [1.54, 1.807) is 20.8 Å². The number of H-pyrrole nitrogens is 1. The van der Waals surface area contributed by atoms with E-state index < -0.39 is 11.7 Å². The van der Waals surface area contributed by atoms with Gasteiger partial charge in [0.2, 0.25) is 0 Å². The first-order valence-corrected chi connectivity index (χ1v) is 8.36. The Morgan fingerprint density at radius 3 is 2.50 bits per heavy atom. The van der Waals surface area contributed by atoms with E-state index in [2.05, 4.69) is 15.2 Å². The van der Waals surface area contributed by atoms with E-state index in [4.69, 9.17) is 9.72 Å². The number of nitrogens with one attached hydrogen (secondary N) is 1. The lowest BCUT2D eigenvalue weighted by molar-refractivity contribution is 0.0592. The van der Waals surface area contributed by atoms with Crippen LogP contribution in [-0.2, 0) is 4.74 Å². The second kappa shape index (κ2) is 5.91. The van der Waals surface area contributed by atoms with Crippen LogP contribution in [0.3, 0.4) is 0 Å². The fraction of sp³-hybridized carbons (Fsp3) is 0.200. The summed E-state index contributed by atoms with van der Waals surface area (Å²) in [6.45, 7) is 5.37. The summed E-state index contributed by atoms with van der Waals surface area (Å²) in [6, 6.07) is 15.6. The van der Waals surface area contributed by atoms with E-state index in [1.807, 2.05) is 48.5 Å².